The average molecular weight is 496 g/mol. The highest BCUT2D eigenvalue weighted by molar-refractivity contribution is 7.90. The highest BCUT2D eigenvalue weighted by Gasteiger charge is 2.33. The molecule has 1 heterocycles. The van der Waals surface area contributed by atoms with Gasteiger partial charge in [0.15, 0.2) is 0 Å². The van der Waals surface area contributed by atoms with Gasteiger partial charge in [-0.25, -0.2) is 22.9 Å². The SMILES string of the molecule is CCCCc1ncc(C(=O)OC)n1Cc1ccc(-c2ccccc2S(=O)(=O)NC(=O)C2CC2)cc1. The number of methoxy groups -OCH3 is 1. The first-order chi connectivity index (χ1) is 16.8. The van der Waals surface area contributed by atoms with Crippen LogP contribution >= 0.6 is 0 Å². The van der Waals surface area contributed by atoms with Crippen LogP contribution in [0.3, 0.4) is 0 Å². The van der Waals surface area contributed by atoms with E-state index in [2.05, 4.69) is 16.6 Å². The fraction of sp³-hybridized carbons (Fsp3) is 0.346. The van der Waals surface area contributed by atoms with Gasteiger partial charge in [-0.1, -0.05) is 55.8 Å². The number of aromatic nitrogens is 2. The number of ether oxygens (including phenoxy) is 1. The van der Waals surface area contributed by atoms with Gasteiger partial charge in [0, 0.05) is 24.4 Å². The normalized spacial score (nSPS) is 13.4. The van der Waals surface area contributed by atoms with Crippen LogP contribution in [0.25, 0.3) is 11.1 Å². The zero-order valence-electron chi connectivity index (χ0n) is 19.9. The van der Waals surface area contributed by atoms with E-state index in [-0.39, 0.29) is 10.8 Å². The Hall–Kier alpha value is -3.46. The molecule has 8 nitrogen and oxygen atoms in total. The molecule has 0 radical (unpaired) electrons. The molecule has 0 unspecified atom stereocenters. The Morgan fingerprint density at radius 3 is 2.49 bits per heavy atom. The number of benzene rings is 2. The van der Waals surface area contributed by atoms with Crippen LogP contribution in [0.2, 0.25) is 0 Å². The lowest BCUT2D eigenvalue weighted by molar-refractivity contribution is -0.120. The molecule has 1 aliphatic rings. The summed E-state index contributed by atoms with van der Waals surface area (Å²) in [5, 5.41) is 0. The van der Waals surface area contributed by atoms with E-state index in [1.165, 1.54) is 13.2 Å². The van der Waals surface area contributed by atoms with E-state index >= 15 is 0 Å². The van der Waals surface area contributed by atoms with Gasteiger partial charge in [0.05, 0.1) is 18.2 Å². The molecule has 1 aromatic heterocycles. The summed E-state index contributed by atoms with van der Waals surface area (Å²) in [6, 6.07) is 14.1. The van der Waals surface area contributed by atoms with Gasteiger partial charge in [0.1, 0.15) is 11.5 Å². The predicted octanol–water partition coefficient (Wildman–Crippen LogP) is 3.94. The van der Waals surface area contributed by atoms with Gasteiger partial charge in [0.2, 0.25) is 5.91 Å². The van der Waals surface area contributed by atoms with Crippen LogP contribution in [0.5, 0.6) is 0 Å². The number of amides is 1. The second-order valence-electron chi connectivity index (χ2n) is 8.68. The third-order valence-corrected chi connectivity index (χ3v) is 7.46. The minimum absolute atomic E-state index is 0.0613. The second kappa shape index (κ2) is 10.4. The van der Waals surface area contributed by atoms with Crippen LogP contribution < -0.4 is 4.72 Å². The highest BCUT2D eigenvalue weighted by Crippen LogP contribution is 2.31. The lowest BCUT2D eigenvalue weighted by Crippen LogP contribution is -2.32. The summed E-state index contributed by atoms with van der Waals surface area (Å²) in [5.74, 6) is -0.282. The van der Waals surface area contributed by atoms with Gasteiger partial charge in [-0.05, 0) is 36.5 Å². The minimum Gasteiger partial charge on any atom is -0.464 e. The van der Waals surface area contributed by atoms with E-state index < -0.39 is 21.9 Å². The van der Waals surface area contributed by atoms with Gasteiger partial charge in [-0.2, -0.15) is 0 Å². The fourth-order valence-corrected chi connectivity index (χ4v) is 5.19. The molecule has 1 amide bonds. The Morgan fingerprint density at radius 1 is 1.11 bits per heavy atom. The molecular formula is C26H29N3O5S. The van der Waals surface area contributed by atoms with Gasteiger partial charge in [-0.15, -0.1) is 0 Å². The minimum atomic E-state index is -3.99. The van der Waals surface area contributed by atoms with Gasteiger partial charge in [0.25, 0.3) is 10.0 Å². The molecular weight excluding hydrogens is 466 g/mol. The monoisotopic (exact) mass is 495 g/mol. The summed E-state index contributed by atoms with van der Waals surface area (Å²) in [6.45, 7) is 2.53. The van der Waals surface area contributed by atoms with Crippen molar-refractivity contribution in [3.8, 4) is 11.1 Å². The molecule has 0 saturated heterocycles. The number of nitrogens with one attached hydrogen (secondary N) is 1. The van der Waals surface area contributed by atoms with E-state index in [0.717, 1.165) is 43.5 Å². The Balaban J connectivity index is 1.60. The summed E-state index contributed by atoms with van der Waals surface area (Å²) < 4.78 is 34.8. The standard InChI is InChI=1S/C26H29N3O5S/c1-3-4-9-24-27-16-22(26(31)34-2)29(24)17-18-10-12-19(13-11-18)21-7-5-6-8-23(21)35(32,33)28-25(30)20-14-15-20/h5-8,10-13,16,20H,3-4,9,14-15,17H2,1-2H3,(H,28,30). The van der Waals surface area contributed by atoms with Crippen molar-refractivity contribution in [3.63, 3.8) is 0 Å². The summed E-state index contributed by atoms with van der Waals surface area (Å²) >= 11 is 0. The number of carbonyl (C=O) groups excluding carboxylic acids is 2. The van der Waals surface area contributed by atoms with Crippen molar-refractivity contribution >= 4 is 21.9 Å². The highest BCUT2D eigenvalue weighted by atomic mass is 32.2. The Bertz CT molecular complexity index is 1330. The Labute approximate surface area is 205 Å². The smallest absolute Gasteiger partial charge is 0.356 e. The Kier molecular flexibility index (Phi) is 7.35. The quantitative estimate of drug-likeness (QED) is 0.427. The molecule has 0 spiro atoms. The fourth-order valence-electron chi connectivity index (χ4n) is 3.92. The van der Waals surface area contributed by atoms with E-state index in [9.17, 15) is 18.0 Å². The van der Waals surface area contributed by atoms with Crippen molar-refractivity contribution in [2.45, 2.75) is 50.5 Å². The molecule has 2 aromatic carbocycles. The number of nitrogens with zero attached hydrogens (tertiary/aromatic N) is 2. The third-order valence-electron chi connectivity index (χ3n) is 6.05. The average Bonchev–Trinajstić information content (AvgIpc) is 3.65. The molecule has 3 aromatic rings. The van der Waals surface area contributed by atoms with Crippen molar-refractivity contribution in [3.05, 3.63) is 71.8 Å². The van der Waals surface area contributed by atoms with Crippen molar-refractivity contribution in [2.24, 2.45) is 5.92 Å². The van der Waals surface area contributed by atoms with Gasteiger partial charge in [-0.3, -0.25) is 4.79 Å². The predicted molar refractivity (Wildman–Crippen MR) is 131 cm³/mol. The molecule has 35 heavy (non-hydrogen) atoms. The number of rotatable bonds is 10. The zero-order valence-corrected chi connectivity index (χ0v) is 20.7. The number of hydrogen-bond donors (Lipinski definition) is 1. The number of hydrogen-bond acceptors (Lipinski definition) is 6. The summed E-state index contributed by atoms with van der Waals surface area (Å²) in [7, 11) is -2.64. The Morgan fingerprint density at radius 2 is 1.83 bits per heavy atom. The summed E-state index contributed by atoms with van der Waals surface area (Å²) in [5.41, 5.74) is 2.54. The maximum atomic E-state index is 12.9. The summed E-state index contributed by atoms with van der Waals surface area (Å²) in [6.07, 6.45) is 5.71. The largest absolute Gasteiger partial charge is 0.464 e. The van der Waals surface area contributed by atoms with E-state index in [0.29, 0.717) is 23.4 Å². The van der Waals surface area contributed by atoms with Gasteiger partial charge >= 0.3 is 5.97 Å². The molecule has 1 aliphatic carbocycles. The van der Waals surface area contributed by atoms with Crippen LogP contribution in [-0.2, 0) is 32.5 Å². The van der Waals surface area contributed by atoms with Crippen molar-refractivity contribution < 1.29 is 22.7 Å². The number of unbranched alkanes of at least 4 members (excludes halogenated alkanes) is 1. The number of aryl methyl sites for hydroxylation is 1. The van der Waals surface area contributed by atoms with Crippen LogP contribution in [-0.4, -0.2) is 37.0 Å². The van der Waals surface area contributed by atoms with Crippen molar-refractivity contribution in [2.75, 3.05) is 7.11 Å². The molecule has 0 bridgehead atoms. The molecule has 0 aliphatic heterocycles. The lowest BCUT2D eigenvalue weighted by Gasteiger charge is -2.13. The molecule has 1 N–H and O–H groups in total. The molecule has 184 valence electrons. The topological polar surface area (TPSA) is 107 Å². The zero-order chi connectivity index (χ0) is 25.0. The first-order valence-electron chi connectivity index (χ1n) is 11.7. The first-order valence-corrected chi connectivity index (χ1v) is 13.2. The molecule has 9 heteroatoms. The molecule has 1 saturated carbocycles. The van der Waals surface area contributed by atoms with E-state index in [4.69, 9.17) is 4.74 Å². The third kappa shape index (κ3) is 5.62. The van der Waals surface area contributed by atoms with E-state index in [1.54, 1.807) is 24.4 Å². The van der Waals surface area contributed by atoms with Crippen molar-refractivity contribution in [1.29, 1.82) is 0 Å². The van der Waals surface area contributed by atoms with Crippen LogP contribution in [0, 0.1) is 5.92 Å². The number of imidazole rings is 1. The summed E-state index contributed by atoms with van der Waals surface area (Å²) in [4.78, 5) is 28.8. The molecule has 4 rings (SSSR count). The van der Waals surface area contributed by atoms with Crippen molar-refractivity contribution in [1.82, 2.24) is 14.3 Å². The number of carbonyl (C=O) groups is 2. The maximum Gasteiger partial charge on any atom is 0.356 e. The second-order valence-corrected chi connectivity index (χ2v) is 10.3. The first kappa shape index (κ1) is 24.7. The van der Waals surface area contributed by atoms with E-state index in [1.807, 2.05) is 28.8 Å². The van der Waals surface area contributed by atoms with Crippen LogP contribution in [0.4, 0.5) is 0 Å². The molecule has 1 fully saturated rings. The lowest BCUT2D eigenvalue weighted by atomic mass is 10.0. The van der Waals surface area contributed by atoms with Gasteiger partial charge < -0.3 is 9.30 Å². The molecule has 0 atom stereocenters. The van der Waals surface area contributed by atoms with Crippen LogP contribution in [0.1, 0.15) is 54.5 Å². The number of esters is 1. The maximum absolute atomic E-state index is 12.9. The van der Waals surface area contributed by atoms with Crippen LogP contribution in [0.15, 0.2) is 59.6 Å². The number of sulfonamides is 1.